The van der Waals surface area contributed by atoms with E-state index in [1.54, 1.807) is 0 Å². The fourth-order valence-corrected chi connectivity index (χ4v) is 2.43. The number of carbonyl (C=O) groups is 1. The van der Waals surface area contributed by atoms with Crippen molar-refractivity contribution in [1.29, 1.82) is 0 Å². The van der Waals surface area contributed by atoms with E-state index in [0.29, 0.717) is 24.4 Å². The maximum Gasteiger partial charge on any atom is 0.164 e. The van der Waals surface area contributed by atoms with Gasteiger partial charge in [-0.3, -0.25) is 4.79 Å². The van der Waals surface area contributed by atoms with Gasteiger partial charge < -0.3 is 10.5 Å². The normalized spacial score (nSPS) is 15.8. The topological polar surface area (TPSA) is 52.3 Å². The Bertz CT molecular complexity index is 397. The Kier molecular flexibility index (Phi) is 4.76. The summed E-state index contributed by atoms with van der Waals surface area (Å²) in [6.07, 6.45) is 5.58. The number of nitrogens with two attached hydrogens (primary N) is 1. The number of benzene rings is 1. The molecule has 0 bridgehead atoms. The fraction of sp³-hybridized carbons (Fsp3) is 0.533. The molecule has 0 aromatic heterocycles. The number of rotatable bonds is 6. The van der Waals surface area contributed by atoms with Crippen molar-refractivity contribution in [2.45, 2.75) is 32.1 Å². The van der Waals surface area contributed by atoms with E-state index < -0.39 is 0 Å². The van der Waals surface area contributed by atoms with Crippen LogP contribution < -0.4 is 10.5 Å². The minimum Gasteiger partial charge on any atom is -0.493 e. The summed E-state index contributed by atoms with van der Waals surface area (Å²) in [7, 11) is 0. The molecule has 1 fully saturated rings. The molecule has 1 saturated carbocycles. The van der Waals surface area contributed by atoms with Crippen molar-refractivity contribution in [2.24, 2.45) is 11.7 Å². The Morgan fingerprint density at radius 1 is 1.33 bits per heavy atom. The Morgan fingerprint density at radius 2 is 2.11 bits per heavy atom. The molecule has 0 unspecified atom stereocenters. The second-order valence-corrected chi connectivity index (χ2v) is 4.95. The first-order chi connectivity index (χ1) is 8.79. The monoisotopic (exact) mass is 247 g/mol. The van der Waals surface area contributed by atoms with Gasteiger partial charge in [0.15, 0.2) is 5.78 Å². The molecule has 3 nitrogen and oxygen atoms in total. The fourth-order valence-electron chi connectivity index (χ4n) is 2.43. The van der Waals surface area contributed by atoms with Gasteiger partial charge in [-0.1, -0.05) is 25.0 Å². The van der Waals surface area contributed by atoms with Gasteiger partial charge in [0.05, 0.1) is 6.61 Å². The van der Waals surface area contributed by atoms with Crippen molar-refractivity contribution < 1.29 is 9.53 Å². The first-order valence-electron chi connectivity index (χ1n) is 6.75. The van der Waals surface area contributed by atoms with E-state index in [2.05, 4.69) is 0 Å². The summed E-state index contributed by atoms with van der Waals surface area (Å²) in [5.74, 6) is 1.57. The summed E-state index contributed by atoms with van der Waals surface area (Å²) in [6.45, 7) is 1.17. The van der Waals surface area contributed by atoms with Crippen molar-refractivity contribution >= 4 is 5.78 Å². The Balaban J connectivity index is 1.91. The van der Waals surface area contributed by atoms with Gasteiger partial charge in [0.1, 0.15) is 5.75 Å². The zero-order chi connectivity index (χ0) is 12.8. The van der Waals surface area contributed by atoms with Gasteiger partial charge in [-0.2, -0.15) is 0 Å². The minimum absolute atomic E-state index is 0.0869. The lowest BCUT2D eigenvalue weighted by Gasteiger charge is -2.11. The summed E-state index contributed by atoms with van der Waals surface area (Å²) in [6, 6.07) is 7.43. The molecule has 18 heavy (non-hydrogen) atoms. The van der Waals surface area contributed by atoms with E-state index >= 15 is 0 Å². The first-order valence-corrected chi connectivity index (χ1v) is 6.75. The number of hydrogen-bond acceptors (Lipinski definition) is 3. The van der Waals surface area contributed by atoms with E-state index in [1.165, 1.54) is 25.7 Å². The summed E-state index contributed by atoms with van der Waals surface area (Å²) in [4.78, 5) is 11.7. The summed E-state index contributed by atoms with van der Waals surface area (Å²) < 4.78 is 5.78. The highest BCUT2D eigenvalue weighted by Crippen LogP contribution is 2.25. The second-order valence-electron chi connectivity index (χ2n) is 4.95. The third-order valence-corrected chi connectivity index (χ3v) is 3.49. The van der Waals surface area contributed by atoms with Crippen molar-refractivity contribution in [3.63, 3.8) is 0 Å². The molecule has 1 aromatic carbocycles. The van der Waals surface area contributed by atoms with E-state index in [0.717, 1.165) is 12.4 Å². The molecule has 3 heteroatoms. The van der Waals surface area contributed by atoms with E-state index in [9.17, 15) is 4.79 Å². The van der Waals surface area contributed by atoms with Crippen LogP contribution in [0.2, 0.25) is 0 Å². The lowest BCUT2D eigenvalue weighted by molar-refractivity contribution is 0.0985. The first kappa shape index (κ1) is 13.1. The highest BCUT2D eigenvalue weighted by Gasteiger charge is 2.15. The van der Waals surface area contributed by atoms with Gasteiger partial charge in [-0.25, -0.2) is 0 Å². The predicted octanol–water partition coefficient (Wildman–Crippen LogP) is 2.79. The number of hydrogen-bond donors (Lipinski definition) is 1. The quantitative estimate of drug-likeness (QED) is 0.786. The second kappa shape index (κ2) is 6.55. The Morgan fingerprint density at radius 3 is 2.83 bits per heavy atom. The largest absolute Gasteiger partial charge is 0.493 e. The molecule has 0 amide bonds. The molecule has 2 N–H and O–H groups in total. The van der Waals surface area contributed by atoms with E-state index in [-0.39, 0.29) is 5.78 Å². The molecule has 0 saturated heterocycles. The summed E-state index contributed by atoms with van der Waals surface area (Å²) >= 11 is 0. The summed E-state index contributed by atoms with van der Waals surface area (Å²) in [5, 5.41) is 0. The molecular formula is C15H21NO2. The van der Waals surface area contributed by atoms with Gasteiger partial charge in [0.25, 0.3) is 0 Å². The third-order valence-electron chi connectivity index (χ3n) is 3.49. The maximum absolute atomic E-state index is 11.7. The summed E-state index contributed by atoms with van der Waals surface area (Å²) in [5.41, 5.74) is 6.09. The zero-order valence-corrected chi connectivity index (χ0v) is 10.7. The van der Waals surface area contributed by atoms with Crippen LogP contribution in [-0.2, 0) is 0 Å². The van der Waals surface area contributed by atoms with Crippen LogP contribution in [0, 0.1) is 5.92 Å². The molecular weight excluding hydrogens is 226 g/mol. The molecule has 2 rings (SSSR count). The number of Topliss-reactive ketones (excluding diaryl/α,β-unsaturated/α-hetero) is 1. The highest BCUT2D eigenvalue weighted by molar-refractivity contribution is 5.96. The molecule has 0 radical (unpaired) electrons. The average Bonchev–Trinajstić information content (AvgIpc) is 2.90. The minimum atomic E-state index is 0.0869. The molecule has 0 spiro atoms. The highest BCUT2D eigenvalue weighted by atomic mass is 16.5. The number of ketones is 1. The van der Waals surface area contributed by atoms with Gasteiger partial charge >= 0.3 is 0 Å². The van der Waals surface area contributed by atoms with Crippen LogP contribution in [0.15, 0.2) is 24.3 Å². The van der Waals surface area contributed by atoms with E-state index in [1.807, 2.05) is 24.3 Å². The molecule has 0 heterocycles. The smallest absolute Gasteiger partial charge is 0.164 e. The van der Waals surface area contributed by atoms with Gasteiger partial charge in [0.2, 0.25) is 0 Å². The van der Waals surface area contributed by atoms with Crippen LogP contribution in [-0.4, -0.2) is 18.9 Å². The lowest BCUT2D eigenvalue weighted by atomic mass is 10.1. The van der Waals surface area contributed by atoms with E-state index in [4.69, 9.17) is 10.5 Å². The average molecular weight is 247 g/mol. The van der Waals surface area contributed by atoms with Gasteiger partial charge in [-0.15, -0.1) is 0 Å². The van der Waals surface area contributed by atoms with Crippen molar-refractivity contribution in [3.8, 4) is 5.75 Å². The number of carbonyl (C=O) groups excluding carboxylic acids is 1. The van der Waals surface area contributed by atoms with Crippen molar-refractivity contribution in [2.75, 3.05) is 13.2 Å². The molecule has 1 aliphatic rings. The molecule has 0 aliphatic heterocycles. The predicted molar refractivity (Wildman–Crippen MR) is 71.9 cm³/mol. The van der Waals surface area contributed by atoms with Crippen LogP contribution in [0.5, 0.6) is 5.75 Å². The Labute approximate surface area is 108 Å². The zero-order valence-electron chi connectivity index (χ0n) is 10.7. The molecule has 1 aliphatic carbocycles. The molecule has 1 aromatic rings. The maximum atomic E-state index is 11.7. The number of ether oxygens (including phenoxy) is 1. The Hall–Kier alpha value is -1.35. The standard InChI is InChI=1S/C15H21NO2/c16-9-8-15(17)13-6-3-7-14(10-13)18-11-12-4-1-2-5-12/h3,6-7,10,12H,1-2,4-5,8-9,11,16H2. The lowest BCUT2D eigenvalue weighted by Crippen LogP contribution is -2.10. The molecule has 98 valence electrons. The molecule has 0 atom stereocenters. The van der Waals surface area contributed by atoms with Crippen LogP contribution >= 0.6 is 0 Å². The van der Waals surface area contributed by atoms with Crippen molar-refractivity contribution in [3.05, 3.63) is 29.8 Å². The van der Waals surface area contributed by atoms with Crippen LogP contribution in [0.1, 0.15) is 42.5 Å². The van der Waals surface area contributed by atoms with Crippen LogP contribution in [0.4, 0.5) is 0 Å². The third kappa shape index (κ3) is 3.57. The van der Waals surface area contributed by atoms with Crippen molar-refractivity contribution in [1.82, 2.24) is 0 Å². The van der Waals surface area contributed by atoms with Crippen LogP contribution in [0.3, 0.4) is 0 Å². The van der Waals surface area contributed by atoms with Gasteiger partial charge in [0, 0.05) is 12.0 Å². The van der Waals surface area contributed by atoms with Crippen LogP contribution in [0.25, 0.3) is 0 Å². The van der Waals surface area contributed by atoms with Gasteiger partial charge in [-0.05, 0) is 37.4 Å². The SMILES string of the molecule is NCCC(=O)c1cccc(OCC2CCCC2)c1.